The Morgan fingerprint density at radius 1 is 1.55 bits per heavy atom. The minimum atomic E-state index is -1.48. The van der Waals surface area contributed by atoms with Gasteiger partial charge in [0.05, 0.1) is 6.42 Å². The molecule has 0 spiro atoms. The van der Waals surface area contributed by atoms with Gasteiger partial charge in [0.15, 0.2) is 0 Å². The highest BCUT2D eigenvalue weighted by atomic mass is 16.5. The zero-order chi connectivity index (χ0) is 8.91. The lowest BCUT2D eigenvalue weighted by molar-refractivity contribution is -0.137. The van der Waals surface area contributed by atoms with Crippen LogP contribution < -0.4 is 11.5 Å². The molecule has 0 atom stereocenters. The maximum absolute atomic E-state index is 10.6. The Morgan fingerprint density at radius 3 is 2.45 bits per heavy atom. The van der Waals surface area contributed by atoms with Gasteiger partial charge in [-0.25, -0.2) is 0 Å². The Hall–Kier alpha value is -1.49. The molecule has 0 fully saturated rings. The first-order valence-corrected chi connectivity index (χ1v) is 2.72. The molecule has 4 heteroatoms. The number of ether oxygens (including phenoxy) is 1. The molecular weight excluding hydrogens is 144 g/mol. The molecule has 0 aliphatic rings. The third-order valence-electron chi connectivity index (χ3n) is 0.878. The maximum Gasteiger partial charge on any atom is 0.324 e. The van der Waals surface area contributed by atoms with Gasteiger partial charge in [-0.15, -0.1) is 6.42 Å². The number of esters is 1. The summed E-state index contributed by atoms with van der Waals surface area (Å²) in [6.45, 7) is 0. The van der Waals surface area contributed by atoms with E-state index in [1.165, 1.54) is 0 Å². The third kappa shape index (κ3) is 3.99. The van der Waals surface area contributed by atoms with Crippen LogP contribution in [0.5, 0.6) is 0 Å². The van der Waals surface area contributed by atoms with Gasteiger partial charge >= 0.3 is 5.97 Å². The average Bonchev–Trinajstić information content (AvgIpc) is 1.87. The van der Waals surface area contributed by atoms with E-state index in [4.69, 9.17) is 17.9 Å². The minimum absolute atomic E-state index is 0.298. The van der Waals surface area contributed by atoms with Gasteiger partial charge < -0.3 is 16.2 Å². The summed E-state index contributed by atoms with van der Waals surface area (Å²) >= 11 is 0. The predicted molar refractivity (Wildman–Crippen MR) is 39.5 cm³/mol. The zero-order valence-electron chi connectivity index (χ0n) is 5.83. The van der Waals surface area contributed by atoms with Crippen LogP contribution in [0, 0.1) is 24.9 Å². The molecule has 0 rings (SSSR count). The second kappa shape index (κ2) is 3.62. The van der Waals surface area contributed by atoms with E-state index in [0.29, 0.717) is 0 Å². The second-order valence-corrected chi connectivity index (χ2v) is 1.95. The van der Waals surface area contributed by atoms with Gasteiger partial charge in [-0.05, 0) is 0 Å². The Labute approximate surface area is 64.9 Å². The van der Waals surface area contributed by atoms with Crippen molar-refractivity contribution in [2.75, 3.05) is 0 Å². The van der Waals surface area contributed by atoms with Crippen LogP contribution in [0.1, 0.15) is 6.42 Å². The second-order valence-electron chi connectivity index (χ2n) is 1.95. The van der Waals surface area contributed by atoms with E-state index in [9.17, 15) is 4.79 Å². The first kappa shape index (κ1) is 9.51. The Morgan fingerprint density at radius 2 is 2.09 bits per heavy atom. The Balaban J connectivity index is 3.99. The van der Waals surface area contributed by atoms with Crippen LogP contribution in [-0.2, 0) is 9.53 Å². The fraction of sp³-hybridized carbons (Fsp3) is 0.286. The quantitative estimate of drug-likeness (QED) is 0.294. The molecule has 0 bridgehead atoms. The molecule has 58 valence electrons. The van der Waals surface area contributed by atoms with E-state index in [0.717, 1.165) is 0 Å². The summed E-state index contributed by atoms with van der Waals surface area (Å²) in [5.41, 5.74) is 8.96. The molecule has 0 saturated heterocycles. The Kier molecular flexibility index (Phi) is 3.13. The summed E-state index contributed by atoms with van der Waals surface area (Å²) < 4.78 is 4.11. The normalized spacial score (nSPS) is 9.45. The largest absolute Gasteiger partial charge is 0.372 e. The molecule has 4 N–H and O–H groups in total. The highest BCUT2D eigenvalue weighted by molar-refractivity contribution is 5.72. The van der Waals surface area contributed by atoms with Crippen molar-refractivity contribution >= 4 is 5.97 Å². The molecule has 0 radical (unpaired) electrons. The number of carbonyl (C=O) groups excluding carboxylic acids is 1. The van der Waals surface area contributed by atoms with Gasteiger partial charge in [0.25, 0.3) is 0 Å². The standard InChI is InChI=1S/C7H8N2O2/c1-3-7(8,9)5-6(10)11-4-2/h1-2H,5,8-9H2. The molecule has 0 aromatic heterocycles. The van der Waals surface area contributed by atoms with Crippen molar-refractivity contribution < 1.29 is 9.53 Å². The van der Waals surface area contributed by atoms with Gasteiger partial charge in [0.1, 0.15) is 11.8 Å². The van der Waals surface area contributed by atoms with Crippen LogP contribution in [0.25, 0.3) is 0 Å². The summed E-state index contributed by atoms with van der Waals surface area (Å²) in [6, 6.07) is 0. The lowest BCUT2D eigenvalue weighted by Crippen LogP contribution is -2.49. The van der Waals surface area contributed by atoms with E-state index in [2.05, 4.69) is 11.2 Å². The summed E-state index contributed by atoms with van der Waals surface area (Å²) in [5.74, 6) is 1.30. The number of rotatable bonds is 2. The van der Waals surface area contributed by atoms with Gasteiger partial charge in [-0.3, -0.25) is 4.79 Å². The molecule has 0 amide bonds. The summed E-state index contributed by atoms with van der Waals surface area (Å²) in [4.78, 5) is 10.6. The van der Waals surface area contributed by atoms with Crippen LogP contribution in [0.2, 0.25) is 0 Å². The van der Waals surface area contributed by atoms with Gasteiger partial charge in [0.2, 0.25) is 0 Å². The molecule has 0 aromatic carbocycles. The van der Waals surface area contributed by atoms with Crippen molar-refractivity contribution in [3.05, 3.63) is 0 Å². The van der Waals surface area contributed by atoms with Crippen LogP contribution in [-0.4, -0.2) is 11.6 Å². The predicted octanol–water partition coefficient (Wildman–Crippen LogP) is -1.24. The molecule has 0 saturated carbocycles. The Bertz CT molecular complexity index is 232. The first-order chi connectivity index (χ1) is 5.02. The molecule has 0 heterocycles. The molecule has 4 nitrogen and oxygen atoms in total. The number of terminal acetylenes is 2. The topological polar surface area (TPSA) is 78.3 Å². The van der Waals surface area contributed by atoms with Crippen LogP contribution in [0.3, 0.4) is 0 Å². The SMILES string of the molecule is C#COC(=O)CC(N)(N)C#C. The number of hydrogen-bond acceptors (Lipinski definition) is 4. The third-order valence-corrected chi connectivity index (χ3v) is 0.878. The smallest absolute Gasteiger partial charge is 0.324 e. The molecule has 0 aromatic rings. The van der Waals surface area contributed by atoms with E-state index in [1.807, 2.05) is 5.92 Å². The van der Waals surface area contributed by atoms with Gasteiger partial charge in [-0.2, -0.15) is 0 Å². The summed E-state index contributed by atoms with van der Waals surface area (Å²) in [6.07, 6.45) is 10.9. The van der Waals surface area contributed by atoms with E-state index in [1.54, 1.807) is 6.11 Å². The summed E-state index contributed by atoms with van der Waals surface area (Å²) in [7, 11) is 0. The van der Waals surface area contributed by atoms with Gasteiger partial charge in [-0.1, -0.05) is 12.3 Å². The van der Waals surface area contributed by atoms with Crippen molar-refractivity contribution in [2.24, 2.45) is 11.5 Å². The zero-order valence-corrected chi connectivity index (χ0v) is 5.83. The number of nitrogens with two attached hydrogens (primary N) is 2. The van der Waals surface area contributed by atoms with Crippen LogP contribution >= 0.6 is 0 Å². The molecule has 0 aliphatic carbocycles. The minimum Gasteiger partial charge on any atom is -0.372 e. The number of hydrogen-bond donors (Lipinski definition) is 2. The lowest BCUT2D eigenvalue weighted by Gasteiger charge is -2.13. The highest BCUT2D eigenvalue weighted by Crippen LogP contribution is 1.97. The van der Waals surface area contributed by atoms with Crippen LogP contribution in [0.15, 0.2) is 0 Å². The van der Waals surface area contributed by atoms with Crippen molar-refractivity contribution in [2.45, 2.75) is 12.1 Å². The molecule has 11 heavy (non-hydrogen) atoms. The van der Waals surface area contributed by atoms with Crippen molar-refractivity contribution in [1.29, 1.82) is 0 Å². The molecule has 0 unspecified atom stereocenters. The fourth-order valence-corrected chi connectivity index (χ4v) is 0.392. The first-order valence-electron chi connectivity index (χ1n) is 2.72. The summed E-state index contributed by atoms with van der Waals surface area (Å²) in [5, 5.41) is 0. The average molecular weight is 152 g/mol. The molecular formula is C7H8N2O2. The fourth-order valence-electron chi connectivity index (χ4n) is 0.392. The highest BCUT2D eigenvalue weighted by Gasteiger charge is 2.20. The van der Waals surface area contributed by atoms with Crippen molar-refractivity contribution in [1.82, 2.24) is 0 Å². The van der Waals surface area contributed by atoms with E-state index < -0.39 is 11.6 Å². The number of carbonyl (C=O) groups is 1. The maximum atomic E-state index is 10.6. The van der Waals surface area contributed by atoms with E-state index >= 15 is 0 Å². The van der Waals surface area contributed by atoms with Crippen LogP contribution in [0.4, 0.5) is 0 Å². The monoisotopic (exact) mass is 152 g/mol. The van der Waals surface area contributed by atoms with Gasteiger partial charge in [0, 0.05) is 0 Å². The van der Waals surface area contributed by atoms with Crippen molar-refractivity contribution in [3.63, 3.8) is 0 Å². The lowest BCUT2D eigenvalue weighted by atomic mass is 10.1. The van der Waals surface area contributed by atoms with Crippen molar-refractivity contribution in [3.8, 4) is 24.9 Å². The van der Waals surface area contributed by atoms with E-state index in [-0.39, 0.29) is 6.42 Å². The molecule has 0 aliphatic heterocycles.